The molecule has 0 aliphatic carbocycles. The summed E-state index contributed by atoms with van der Waals surface area (Å²) in [7, 11) is 0. The summed E-state index contributed by atoms with van der Waals surface area (Å²) in [5.74, 6) is 0.204. The highest BCUT2D eigenvalue weighted by atomic mass is 16.5. The molecule has 134 valence electrons. The predicted octanol–water partition coefficient (Wildman–Crippen LogP) is 2.78. The third-order valence-corrected chi connectivity index (χ3v) is 3.82. The number of carbonyl (C=O) groups is 2. The van der Waals surface area contributed by atoms with Crippen molar-refractivity contribution in [3.63, 3.8) is 0 Å². The SMILES string of the molecule is CCCCNC(=O)COc1ccc(C(=O)Nn2c(C)ccc2C)cc1. The molecule has 2 rings (SSSR count). The van der Waals surface area contributed by atoms with Gasteiger partial charge in [0.15, 0.2) is 6.61 Å². The van der Waals surface area contributed by atoms with Crippen molar-refractivity contribution >= 4 is 11.8 Å². The number of hydrogen-bond donors (Lipinski definition) is 2. The first kappa shape index (κ1) is 18.6. The van der Waals surface area contributed by atoms with Gasteiger partial charge in [-0.3, -0.25) is 19.7 Å². The van der Waals surface area contributed by atoms with Gasteiger partial charge in [-0.25, -0.2) is 0 Å². The maximum Gasteiger partial charge on any atom is 0.270 e. The topological polar surface area (TPSA) is 72.4 Å². The zero-order valence-electron chi connectivity index (χ0n) is 15.0. The molecular formula is C19H25N3O3. The van der Waals surface area contributed by atoms with Crippen molar-refractivity contribution in [2.75, 3.05) is 18.6 Å². The van der Waals surface area contributed by atoms with E-state index in [-0.39, 0.29) is 18.4 Å². The molecule has 0 saturated heterocycles. The molecule has 0 bridgehead atoms. The summed E-state index contributed by atoms with van der Waals surface area (Å²) in [5.41, 5.74) is 5.28. The molecule has 0 atom stereocenters. The lowest BCUT2D eigenvalue weighted by Crippen LogP contribution is -2.29. The number of unbranched alkanes of at least 4 members (excludes halogenated alkanes) is 1. The number of hydrogen-bond acceptors (Lipinski definition) is 3. The summed E-state index contributed by atoms with van der Waals surface area (Å²) in [6.07, 6.45) is 1.99. The maximum absolute atomic E-state index is 12.3. The van der Waals surface area contributed by atoms with Crippen LogP contribution in [-0.2, 0) is 4.79 Å². The van der Waals surface area contributed by atoms with Gasteiger partial charge in [0.25, 0.3) is 11.8 Å². The Morgan fingerprint density at radius 3 is 2.28 bits per heavy atom. The van der Waals surface area contributed by atoms with Crippen molar-refractivity contribution in [3.8, 4) is 5.75 Å². The first-order valence-electron chi connectivity index (χ1n) is 8.47. The number of ether oxygens (including phenoxy) is 1. The summed E-state index contributed by atoms with van der Waals surface area (Å²) < 4.78 is 7.17. The average Bonchev–Trinajstić information content (AvgIpc) is 2.92. The molecule has 0 spiro atoms. The molecular weight excluding hydrogens is 318 g/mol. The molecule has 0 radical (unpaired) electrons. The van der Waals surface area contributed by atoms with Crippen molar-refractivity contribution in [2.45, 2.75) is 33.6 Å². The second-order valence-corrected chi connectivity index (χ2v) is 5.91. The van der Waals surface area contributed by atoms with Gasteiger partial charge in [-0.05, 0) is 56.7 Å². The second kappa shape index (κ2) is 8.92. The summed E-state index contributed by atoms with van der Waals surface area (Å²) in [5, 5.41) is 2.79. The van der Waals surface area contributed by atoms with Gasteiger partial charge >= 0.3 is 0 Å². The van der Waals surface area contributed by atoms with Gasteiger partial charge in [-0.15, -0.1) is 0 Å². The Bertz CT molecular complexity index is 701. The summed E-state index contributed by atoms with van der Waals surface area (Å²) in [4.78, 5) is 23.9. The minimum atomic E-state index is -0.203. The van der Waals surface area contributed by atoms with Crippen molar-refractivity contribution in [1.29, 1.82) is 0 Å². The average molecular weight is 343 g/mol. The lowest BCUT2D eigenvalue weighted by atomic mass is 10.2. The van der Waals surface area contributed by atoms with E-state index in [1.807, 2.05) is 26.0 Å². The van der Waals surface area contributed by atoms with Gasteiger partial charge < -0.3 is 10.1 Å². The minimum Gasteiger partial charge on any atom is -0.484 e. The Labute approximate surface area is 148 Å². The number of nitrogens with zero attached hydrogens (tertiary/aromatic N) is 1. The van der Waals surface area contributed by atoms with Crippen molar-refractivity contribution in [3.05, 3.63) is 53.3 Å². The fourth-order valence-corrected chi connectivity index (χ4v) is 2.32. The third kappa shape index (κ3) is 5.38. The van der Waals surface area contributed by atoms with Crippen LogP contribution in [0.25, 0.3) is 0 Å². The van der Waals surface area contributed by atoms with Gasteiger partial charge in [0.2, 0.25) is 0 Å². The Morgan fingerprint density at radius 2 is 1.68 bits per heavy atom. The van der Waals surface area contributed by atoms with E-state index in [0.29, 0.717) is 17.9 Å². The Kier molecular flexibility index (Phi) is 6.62. The molecule has 25 heavy (non-hydrogen) atoms. The smallest absolute Gasteiger partial charge is 0.270 e. The number of benzene rings is 1. The number of nitrogens with one attached hydrogen (secondary N) is 2. The summed E-state index contributed by atoms with van der Waals surface area (Å²) in [6.45, 7) is 6.55. The lowest BCUT2D eigenvalue weighted by molar-refractivity contribution is -0.123. The minimum absolute atomic E-state index is 0.0307. The van der Waals surface area contributed by atoms with Gasteiger partial charge in [0.1, 0.15) is 5.75 Å². The number of aryl methyl sites for hydroxylation is 2. The molecule has 0 aliphatic rings. The fourth-order valence-electron chi connectivity index (χ4n) is 2.32. The molecule has 0 aliphatic heterocycles. The molecule has 1 aromatic heterocycles. The van der Waals surface area contributed by atoms with Crippen molar-refractivity contribution in [2.24, 2.45) is 0 Å². The van der Waals surface area contributed by atoms with Crippen LogP contribution in [0.5, 0.6) is 5.75 Å². The van der Waals surface area contributed by atoms with Crippen LogP contribution in [0.2, 0.25) is 0 Å². The summed E-state index contributed by atoms with van der Waals surface area (Å²) >= 11 is 0. The molecule has 2 N–H and O–H groups in total. The molecule has 2 aromatic rings. The standard InChI is InChI=1S/C19H25N3O3/c1-4-5-12-20-18(23)13-25-17-10-8-16(9-11-17)19(24)21-22-14(2)6-7-15(22)3/h6-11H,4-5,12-13H2,1-3H3,(H,20,23)(H,21,24). The monoisotopic (exact) mass is 343 g/mol. The molecule has 2 amide bonds. The van der Waals surface area contributed by atoms with E-state index in [2.05, 4.69) is 17.7 Å². The molecule has 0 fully saturated rings. The van der Waals surface area contributed by atoms with Gasteiger partial charge in [-0.2, -0.15) is 0 Å². The van der Waals surface area contributed by atoms with Crippen molar-refractivity contribution < 1.29 is 14.3 Å². The molecule has 0 saturated carbocycles. The Morgan fingerprint density at radius 1 is 1.04 bits per heavy atom. The fraction of sp³-hybridized carbons (Fsp3) is 0.368. The Balaban J connectivity index is 1.87. The van der Waals surface area contributed by atoms with E-state index in [0.717, 1.165) is 24.2 Å². The van der Waals surface area contributed by atoms with E-state index in [9.17, 15) is 9.59 Å². The van der Waals surface area contributed by atoms with Crippen LogP contribution >= 0.6 is 0 Å². The summed E-state index contributed by atoms with van der Waals surface area (Å²) in [6, 6.07) is 10.6. The van der Waals surface area contributed by atoms with Gasteiger partial charge in [-0.1, -0.05) is 13.3 Å². The van der Waals surface area contributed by atoms with Crippen LogP contribution in [-0.4, -0.2) is 29.6 Å². The highest BCUT2D eigenvalue weighted by molar-refractivity contribution is 6.00. The predicted molar refractivity (Wildman–Crippen MR) is 97.5 cm³/mol. The molecule has 1 aromatic carbocycles. The quantitative estimate of drug-likeness (QED) is 0.724. The highest BCUT2D eigenvalue weighted by Crippen LogP contribution is 2.13. The maximum atomic E-state index is 12.3. The lowest BCUT2D eigenvalue weighted by Gasteiger charge is -2.12. The van der Waals surface area contributed by atoms with Gasteiger partial charge in [0.05, 0.1) is 0 Å². The number of rotatable bonds is 8. The van der Waals surface area contributed by atoms with Crippen LogP contribution < -0.4 is 15.5 Å². The third-order valence-electron chi connectivity index (χ3n) is 3.82. The number of aromatic nitrogens is 1. The van der Waals surface area contributed by atoms with Crippen LogP contribution in [0.15, 0.2) is 36.4 Å². The van der Waals surface area contributed by atoms with Crippen LogP contribution in [0.1, 0.15) is 41.5 Å². The van der Waals surface area contributed by atoms with Crippen LogP contribution in [0.3, 0.4) is 0 Å². The Hall–Kier alpha value is -2.76. The molecule has 0 unspecified atom stereocenters. The first-order chi connectivity index (χ1) is 12.0. The van der Waals surface area contributed by atoms with Crippen LogP contribution in [0.4, 0.5) is 0 Å². The van der Waals surface area contributed by atoms with E-state index in [1.165, 1.54) is 0 Å². The molecule has 1 heterocycles. The first-order valence-corrected chi connectivity index (χ1v) is 8.47. The number of carbonyl (C=O) groups excluding carboxylic acids is 2. The highest BCUT2D eigenvalue weighted by Gasteiger charge is 2.09. The molecule has 6 heteroatoms. The zero-order valence-corrected chi connectivity index (χ0v) is 15.0. The van der Waals surface area contributed by atoms with E-state index < -0.39 is 0 Å². The zero-order chi connectivity index (χ0) is 18.2. The largest absolute Gasteiger partial charge is 0.484 e. The van der Waals surface area contributed by atoms with Crippen molar-refractivity contribution in [1.82, 2.24) is 9.99 Å². The van der Waals surface area contributed by atoms with Gasteiger partial charge in [0, 0.05) is 23.5 Å². The normalized spacial score (nSPS) is 10.4. The van der Waals surface area contributed by atoms with E-state index >= 15 is 0 Å². The van der Waals surface area contributed by atoms with Crippen LogP contribution in [0, 0.1) is 13.8 Å². The second-order valence-electron chi connectivity index (χ2n) is 5.91. The molecule has 6 nitrogen and oxygen atoms in total. The van der Waals surface area contributed by atoms with E-state index in [4.69, 9.17) is 4.74 Å². The van der Waals surface area contributed by atoms with E-state index in [1.54, 1.807) is 28.9 Å². The number of amides is 2.